The third kappa shape index (κ3) is 3.63. The van der Waals surface area contributed by atoms with Crippen LogP contribution >= 0.6 is 11.3 Å². The van der Waals surface area contributed by atoms with E-state index in [1.807, 2.05) is 7.05 Å². The smallest absolute Gasteiger partial charge is 0.282 e. The molecule has 0 atom stereocenters. The molecule has 1 aromatic rings. The zero-order valence-corrected chi connectivity index (χ0v) is 14.4. The van der Waals surface area contributed by atoms with Crippen LogP contribution in [-0.2, 0) is 16.8 Å². The molecule has 8 nitrogen and oxygen atoms in total. The lowest BCUT2D eigenvalue weighted by molar-refractivity contribution is 0.164. The predicted octanol–water partition coefficient (Wildman–Crippen LogP) is -0.852. The Morgan fingerprint density at radius 2 is 1.64 bits per heavy atom. The largest absolute Gasteiger partial charge is 0.304 e. The van der Waals surface area contributed by atoms with Crippen molar-refractivity contribution in [1.82, 2.24) is 28.6 Å². The van der Waals surface area contributed by atoms with Gasteiger partial charge in [-0.05, 0) is 7.05 Å². The highest BCUT2D eigenvalue weighted by Gasteiger charge is 2.33. The molecular formula is C12H22N6O2S2. The third-order valence-corrected chi connectivity index (χ3v) is 6.93. The number of hydrogen-bond donors (Lipinski definition) is 0. The molecule has 10 heteroatoms. The maximum absolute atomic E-state index is 12.7. The van der Waals surface area contributed by atoms with Gasteiger partial charge in [0, 0.05) is 52.4 Å². The first-order valence-corrected chi connectivity index (χ1v) is 9.74. The molecule has 2 saturated heterocycles. The third-order valence-electron chi connectivity index (χ3n) is 4.21. The summed E-state index contributed by atoms with van der Waals surface area (Å²) in [5.74, 6) is 0. The average molecular weight is 346 g/mol. The summed E-state index contributed by atoms with van der Waals surface area (Å²) in [4.78, 5) is 4.39. The van der Waals surface area contributed by atoms with Crippen LogP contribution in [0.2, 0.25) is 0 Å². The van der Waals surface area contributed by atoms with Crippen LogP contribution in [0.3, 0.4) is 0 Å². The van der Waals surface area contributed by atoms with E-state index in [0.717, 1.165) is 37.7 Å². The molecule has 0 spiro atoms. The van der Waals surface area contributed by atoms with Gasteiger partial charge in [0.1, 0.15) is 10.5 Å². The van der Waals surface area contributed by atoms with Crippen LogP contribution in [0.1, 0.15) is 5.01 Å². The fraction of sp³-hybridized carbons (Fsp3) is 0.833. The Bertz CT molecular complexity index is 562. The molecule has 2 aliphatic heterocycles. The topological polar surface area (TPSA) is 72.9 Å². The molecule has 22 heavy (non-hydrogen) atoms. The minimum atomic E-state index is -3.31. The van der Waals surface area contributed by atoms with Gasteiger partial charge < -0.3 is 4.90 Å². The minimum Gasteiger partial charge on any atom is -0.304 e. The van der Waals surface area contributed by atoms with Crippen molar-refractivity contribution >= 4 is 21.5 Å². The quantitative estimate of drug-likeness (QED) is 0.707. The average Bonchev–Trinajstić information content (AvgIpc) is 3.01. The van der Waals surface area contributed by atoms with Crippen molar-refractivity contribution in [2.45, 2.75) is 6.54 Å². The second kappa shape index (κ2) is 6.85. The van der Waals surface area contributed by atoms with Gasteiger partial charge in [-0.15, -0.1) is 21.5 Å². The van der Waals surface area contributed by atoms with Crippen LogP contribution < -0.4 is 0 Å². The van der Waals surface area contributed by atoms with Crippen molar-refractivity contribution in [2.75, 3.05) is 59.4 Å². The van der Waals surface area contributed by atoms with Crippen LogP contribution in [0.15, 0.2) is 5.51 Å². The van der Waals surface area contributed by atoms with Crippen LogP contribution in [0, 0.1) is 0 Å². The van der Waals surface area contributed by atoms with E-state index in [1.54, 1.807) is 14.1 Å². The van der Waals surface area contributed by atoms with Crippen molar-refractivity contribution in [1.29, 1.82) is 0 Å². The number of hydrogen-bond acceptors (Lipinski definition) is 7. The Hall–Kier alpha value is -0.650. The molecule has 0 amide bonds. The Morgan fingerprint density at radius 1 is 1.05 bits per heavy atom. The highest BCUT2D eigenvalue weighted by atomic mass is 32.2. The van der Waals surface area contributed by atoms with E-state index < -0.39 is 10.2 Å². The van der Waals surface area contributed by atoms with Crippen LogP contribution in [0.4, 0.5) is 0 Å². The lowest BCUT2D eigenvalue weighted by atomic mass is 10.3. The highest BCUT2D eigenvalue weighted by Crippen LogP contribution is 2.16. The first-order valence-electron chi connectivity index (χ1n) is 7.47. The van der Waals surface area contributed by atoms with Gasteiger partial charge in [-0.1, -0.05) is 0 Å². The molecule has 0 N–H and O–H groups in total. The molecule has 0 bridgehead atoms. The second-order valence-electron chi connectivity index (χ2n) is 5.72. The van der Waals surface area contributed by atoms with Crippen LogP contribution in [-0.4, -0.2) is 96.4 Å². The van der Waals surface area contributed by atoms with E-state index in [2.05, 4.69) is 20.0 Å². The number of aromatic nitrogens is 2. The molecule has 124 valence electrons. The summed E-state index contributed by atoms with van der Waals surface area (Å²) >= 11 is 1.54. The fourth-order valence-electron chi connectivity index (χ4n) is 2.76. The van der Waals surface area contributed by atoms with Crippen molar-refractivity contribution < 1.29 is 8.42 Å². The van der Waals surface area contributed by atoms with Gasteiger partial charge in [0.25, 0.3) is 10.2 Å². The summed E-state index contributed by atoms with van der Waals surface area (Å²) in [6, 6.07) is 0. The van der Waals surface area contributed by atoms with E-state index >= 15 is 0 Å². The summed E-state index contributed by atoms with van der Waals surface area (Å²) in [6.07, 6.45) is 0. The SMILES string of the molecule is CN1CCN(S(=O)(=O)N2CCN(Cc3nncs3)CC2)CC1. The Morgan fingerprint density at radius 3 is 2.18 bits per heavy atom. The maximum Gasteiger partial charge on any atom is 0.282 e. The van der Waals surface area contributed by atoms with Gasteiger partial charge in [-0.3, -0.25) is 4.90 Å². The second-order valence-corrected chi connectivity index (χ2v) is 8.56. The van der Waals surface area contributed by atoms with E-state index in [-0.39, 0.29) is 0 Å². The normalized spacial score (nSPS) is 23.9. The molecule has 3 heterocycles. The maximum atomic E-state index is 12.7. The van der Waals surface area contributed by atoms with Gasteiger partial charge in [-0.25, -0.2) is 0 Å². The van der Waals surface area contributed by atoms with E-state index in [1.165, 1.54) is 11.3 Å². The van der Waals surface area contributed by atoms with Gasteiger partial charge in [0.05, 0.1) is 6.54 Å². The van der Waals surface area contributed by atoms with Gasteiger partial charge in [-0.2, -0.15) is 17.0 Å². The number of rotatable bonds is 4. The molecule has 0 aliphatic carbocycles. The molecular weight excluding hydrogens is 324 g/mol. The molecule has 0 radical (unpaired) electrons. The Kier molecular flexibility index (Phi) is 5.05. The standard InChI is InChI=1S/C12H22N6O2S2/c1-15-2-6-17(7-3-15)22(19,20)18-8-4-16(5-9-18)10-12-14-13-11-21-12/h11H,2-10H2,1H3. The number of piperazine rings is 2. The number of likely N-dealkylation sites (N-methyl/N-ethyl adjacent to an activating group) is 1. The van der Waals surface area contributed by atoms with E-state index in [4.69, 9.17) is 0 Å². The lowest BCUT2D eigenvalue weighted by Gasteiger charge is -2.38. The summed E-state index contributed by atoms with van der Waals surface area (Å²) in [5.41, 5.74) is 1.73. The zero-order valence-electron chi connectivity index (χ0n) is 12.8. The number of nitrogens with zero attached hydrogens (tertiary/aromatic N) is 6. The highest BCUT2D eigenvalue weighted by molar-refractivity contribution is 7.86. The van der Waals surface area contributed by atoms with Crippen LogP contribution in [0.25, 0.3) is 0 Å². The molecule has 1 aromatic heterocycles. The van der Waals surface area contributed by atoms with Crippen molar-refractivity contribution in [2.24, 2.45) is 0 Å². The van der Waals surface area contributed by atoms with Gasteiger partial charge >= 0.3 is 0 Å². The summed E-state index contributed by atoms with van der Waals surface area (Å²) in [6.45, 7) is 6.12. The predicted molar refractivity (Wildman–Crippen MR) is 84.7 cm³/mol. The zero-order chi connectivity index (χ0) is 15.6. The Labute approximate surface area is 135 Å². The first-order chi connectivity index (χ1) is 10.6. The molecule has 0 aromatic carbocycles. The van der Waals surface area contributed by atoms with Crippen LogP contribution in [0.5, 0.6) is 0 Å². The van der Waals surface area contributed by atoms with Gasteiger partial charge in [0.15, 0.2) is 0 Å². The molecule has 0 unspecified atom stereocenters. The van der Waals surface area contributed by atoms with E-state index in [9.17, 15) is 8.42 Å². The summed E-state index contributed by atoms with van der Waals surface area (Å²) in [7, 11) is -1.28. The Balaban J connectivity index is 1.54. The summed E-state index contributed by atoms with van der Waals surface area (Å²) in [5, 5.41) is 8.86. The molecule has 3 rings (SSSR count). The van der Waals surface area contributed by atoms with E-state index in [0.29, 0.717) is 26.2 Å². The minimum absolute atomic E-state index is 0.549. The fourth-order valence-corrected chi connectivity index (χ4v) is 4.90. The monoisotopic (exact) mass is 346 g/mol. The summed E-state index contributed by atoms with van der Waals surface area (Å²) < 4.78 is 28.6. The molecule has 2 fully saturated rings. The van der Waals surface area contributed by atoms with Crippen molar-refractivity contribution in [3.8, 4) is 0 Å². The lowest BCUT2D eigenvalue weighted by Crippen LogP contribution is -2.56. The van der Waals surface area contributed by atoms with Gasteiger partial charge in [0.2, 0.25) is 0 Å². The molecule has 0 saturated carbocycles. The van der Waals surface area contributed by atoms with Crippen molar-refractivity contribution in [3.63, 3.8) is 0 Å². The van der Waals surface area contributed by atoms with Crippen molar-refractivity contribution in [3.05, 3.63) is 10.5 Å². The first kappa shape index (κ1) is 16.2. The molecule has 2 aliphatic rings.